The molecule has 0 spiro atoms. The van der Waals surface area contributed by atoms with Crippen molar-refractivity contribution in [3.63, 3.8) is 0 Å². The number of alkyl halides is 3. The molecular formula is C14H16F3N. The second kappa shape index (κ2) is 6.46. The highest BCUT2D eigenvalue weighted by Gasteiger charge is 2.29. The van der Waals surface area contributed by atoms with Gasteiger partial charge in [-0.15, -0.1) is 12.3 Å². The number of terminal acetylenes is 1. The summed E-state index contributed by atoms with van der Waals surface area (Å²) < 4.78 is 37.0. The molecule has 0 aromatic heterocycles. The molecule has 1 aromatic carbocycles. The second-order valence-electron chi connectivity index (χ2n) is 4.26. The largest absolute Gasteiger partial charge is 0.416 e. The summed E-state index contributed by atoms with van der Waals surface area (Å²) in [4.78, 5) is 0. The number of hydrogen-bond acceptors (Lipinski definition) is 1. The van der Waals surface area contributed by atoms with Crippen molar-refractivity contribution < 1.29 is 13.2 Å². The third kappa shape index (κ3) is 4.80. The first-order valence-electron chi connectivity index (χ1n) is 5.78. The van der Waals surface area contributed by atoms with Gasteiger partial charge in [0.15, 0.2) is 0 Å². The van der Waals surface area contributed by atoms with Crippen LogP contribution in [0.5, 0.6) is 0 Å². The zero-order valence-electron chi connectivity index (χ0n) is 10.0. The molecule has 0 aliphatic rings. The Morgan fingerprint density at radius 3 is 2.33 bits per heavy atom. The monoisotopic (exact) mass is 255 g/mol. The molecule has 0 aliphatic carbocycles. The molecule has 2 N–H and O–H groups in total. The molecule has 0 radical (unpaired) electrons. The second-order valence-corrected chi connectivity index (χ2v) is 4.26. The van der Waals surface area contributed by atoms with Gasteiger partial charge in [-0.1, -0.05) is 12.1 Å². The minimum atomic E-state index is -4.28. The molecule has 4 heteroatoms. The summed E-state index contributed by atoms with van der Waals surface area (Å²) in [5, 5.41) is 0. The Labute approximate surface area is 105 Å². The van der Waals surface area contributed by atoms with Crippen LogP contribution >= 0.6 is 0 Å². The van der Waals surface area contributed by atoms with Crippen molar-refractivity contribution in [1.82, 2.24) is 0 Å². The first-order chi connectivity index (χ1) is 8.43. The van der Waals surface area contributed by atoms with E-state index in [1.165, 1.54) is 12.1 Å². The molecule has 1 unspecified atom stereocenters. The molecule has 0 saturated carbocycles. The smallest absolute Gasteiger partial charge is 0.327 e. The fourth-order valence-electron chi connectivity index (χ4n) is 1.70. The van der Waals surface area contributed by atoms with E-state index in [9.17, 15) is 13.2 Å². The average molecular weight is 255 g/mol. The lowest BCUT2D eigenvalue weighted by atomic mass is 10.0. The van der Waals surface area contributed by atoms with Gasteiger partial charge in [-0.05, 0) is 37.0 Å². The standard InChI is InChI=1S/C14H16F3N/c1-2-3-4-5-13(18)10-11-6-8-12(9-7-11)14(15,16)17/h1,6-9,13H,3-5,10,18H2. The van der Waals surface area contributed by atoms with E-state index >= 15 is 0 Å². The maximum atomic E-state index is 12.3. The van der Waals surface area contributed by atoms with Gasteiger partial charge in [0.1, 0.15) is 0 Å². The predicted molar refractivity (Wildman–Crippen MR) is 65.8 cm³/mol. The first-order valence-corrected chi connectivity index (χ1v) is 5.78. The van der Waals surface area contributed by atoms with Crippen molar-refractivity contribution in [2.45, 2.75) is 37.9 Å². The lowest BCUT2D eigenvalue weighted by Gasteiger charge is -2.12. The molecule has 0 fully saturated rings. The highest BCUT2D eigenvalue weighted by atomic mass is 19.4. The first kappa shape index (κ1) is 14.6. The zero-order chi connectivity index (χ0) is 13.6. The van der Waals surface area contributed by atoms with E-state index in [0.717, 1.165) is 30.5 Å². The van der Waals surface area contributed by atoms with Crippen molar-refractivity contribution >= 4 is 0 Å². The molecule has 1 aromatic rings. The van der Waals surface area contributed by atoms with Gasteiger partial charge in [0.2, 0.25) is 0 Å². The van der Waals surface area contributed by atoms with Crippen molar-refractivity contribution in [2.24, 2.45) is 5.73 Å². The Morgan fingerprint density at radius 2 is 1.83 bits per heavy atom. The number of rotatable bonds is 5. The average Bonchev–Trinajstić information content (AvgIpc) is 2.29. The SMILES string of the molecule is C#CCCCC(N)Cc1ccc(C(F)(F)F)cc1. The summed E-state index contributed by atoms with van der Waals surface area (Å²) in [6.07, 6.45) is 3.72. The third-order valence-corrected chi connectivity index (χ3v) is 2.68. The Morgan fingerprint density at radius 1 is 1.22 bits per heavy atom. The summed E-state index contributed by atoms with van der Waals surface area (Å²) >= 11 is 0. The van der Waals surface area contributed by atoms with E-state index < -0.39 is 11.7 Å². The lowest BCUT2D eigenvalue weighted by Crippen LogP contribution is -2.22. The normalized spacial score (nSPS) is 13.1. The maximum Gasteiger partial charge on any atom is 0.416 e. The van der Waals surface area contributed by atoms with Gasteiger partial charge in [-0.3, -0.25) is 0 Å². The van der Waals surface area contributed by atoms with Crippen LogP contribution in [0.2, 0.25) is 0 Å². The van der Waals surface area contributed by atoms with Gasteiger partial charge < -0.3 is 5.73 Å². The maximum absolute atomic E-state index is 12.3. The molecular weight excluding hydrogens is 239 g/mol. The fourth-order valence-corrected chi connectivity index (χ4v) is 1.70. The van der Waals surface area contributed by atoms with Crippen LogP contribution in [0.3, 0.4) is 0 Å². The highest BCUT2D eigenvalue weighted by Crippen LogP contribution is 2.29. The molecule has 1 atom stereocenters. The van der Waals surface area contributed by atoms with Gasteiger partial charge >= 0.3 is 6.18 Å². The molecule has 98 valence electrons. The fraction of sp³-hybridized carbons (Fsp3) is 0.429. The minimum absolute atomic E-state index is 0.0601. The minimum Gasteiger partial charge on any atom is -0.327 e. The van der Waals surface area contributed by atoms with Gasteiger partial charge in [0, 0.05) is 12.5 Å². The predicted octanol–water partition coefficient (Wildman–Crippen LogP) is 3.38. The van der Waals surface area contributed by atoms with Crippen molar-refractivity contribution in [2.75, 3.05) is 0 Å². The summed E-state index contributed by atoms with van der Waals surface area (Å²) in [5.41, 5.74) is 6.06. The Hall–Kier alpha value is -1.47. The summed E-state index contributed by atoms with van der Waals surface area (Å²) in [6.45, 7) is 0. The molecule has 0 aliphatic heterocycles. The van der Waals surface area contributed by atoms with Crippen LogP contribution in [0, 0.1) is 12.3 Å². The summed E-state index contributed by atoms with van der Waals surface area (Å²) in [5.74, 6) is 2.53. The van der Waals surface area contributed by atoms with Gasteiger partial charge in [-0.2, -0.15) is 13.2 Å². The molecule has 0 amide bonds. The van der Waals surface area contributed by atoms with E-state index in [0.29, 0.717) is 12.8 Å². The number of halogens is 3. The zero-order valence-corrected chi connectivity index (χ0v) is 10.0. The Bertz CT molecular complexity index is 401. The van der Waals surface area contributed by atoms with Crippen molar-refractivity contribution in [3.05, 3.63) is 35.4 Å². The van der Waals surface area contributed by atoms with Gasteiger partial charge in [0.05, 0.1) is 5.56 Å². The van der Waals surface area contributed by atoms with Crippen LogP contribution < -0.4 is 5.73 Å². The number of benzene rings is 1. The van der Waals surface area contributed by atoms with Crippen molar-refractivity contribution in [1.29, 1.82) is 0 Å². The van der Waals surface area contributed by atoms with Crippen LogP contribution in [0.25, 0.3) is 0 Å². The number of nitrogens with two attached hydrogens (primary N) is 1. The Balaban J connectivity index is 2.51. The number of hydrogen-bond donors (Lipinski definition) is 1. The van der Waals surface area contributed by atoms with Crippen LogP contribution in [-0.4, -0.2) is 6.04 Å². The van der Waals surface area contributed by atoms with Crippen LogP contribution in [0.4, 0.5) is 13.2 Å². The van der Waals surface area contributed by atoms with E-state index in [4.69, 9.17) is 12.2 Å². The van der Waals surface area contributed by atoms with Gasteiger partial charge in [0.25, 0.3) is 0 Å². The van der Waals surface area contributed by atoms with E-state index in [-0.39, 0.29) is 6.04 Å². The molecule has 0 bridgehead atoms. The molecule has 1 nitrogen and oxygen atoms in total. The van der Waals surface area contributed by atoms with Gasteiger partial charge in [-0.25, -0.2) is 0 Å². The quantitative estimate of drug-likeness (QED) is 0.633. The molecule has 0 heterocycles. The van der Waals surface area contributed by atoms with E-state index in [2.05, 4.69) is 5.92 Å². The van der Waals surface area contributed by atoms with Crippen LogP contribution in [-0.2, 0) is 12.6 Å². The van der Waals surface area contributed by atoms with E-state index in [1.54, 1.807) is 0 Å². The third-order valence-electron chi connectivity index (χ3n) is 2.68. The number of unbranched alkanes of at least 4 members (excludes halogenated alkanes) is 1. The lowest BCUT2D eigenvalue weighted by molar-refractivity contribution is -0.137. The van der Waals surface area contributed by atoms with Crippen molar-refractivity contribution in [3.8, 4) is 12.3 Å². The van der Waals surface area contributed by atoms with Crippen LogP contribution in [0.1, 0.15) is 30.4 Å². The molecule has 18 heavy (non-hydrogen) atoms. The topological polar surface area (TPSA) is 26.0 Å². The van der Waals surface area contributed by atoms with E-state index in [1.807, 2.05) is 0 Å². The Kier molecular flexibility index (Phi) is 5.24. The van der Waals surface area contributed by atoms with Crippen LogP contribution in [0.15, 0.2) is 24.3 Å². The molecule has 1 rings (SSSR count). The highest BCUT2D eigenvalue weighted by molar-refractivity contribution is 5.25. The summed E-state index contributed by atoms with van der Waals surface area (Å²) in [6, 6.07) is 5.07. The molecule has 0 saturated heterocycles. The summed E-state index contributed by atoms with van der Waals surface area (Å²) in [7, 11) is 0.